The third-order valence-electron chi connectivity index (χ3n) is 3.09. The van der Waals surface area contributed by atoms with Crippen molar-refractivity contribution >= 4 is 28.9 Å². The third kappa shape index (κ3) is 3.28. The van der Waals surface area contributed by atoms with Crippen LogP contribution in [0.1, 0.15) is 23.2 Å². The summed E-state index contributed by atoms with van der Waals surface area (Å²) in [5, 5.41) is 13.1. The van der Waals surface area contributed by atoms with Crippen LogP contribution in [-0.2, 0) is 0 Å². The molecular weight excluding hydrogens is 295 g/mol. The number of benzene rings is 1. The van der Waals surface area contributed by atoms with E-state index in [1.807, 2.05) is 0 Å². The summed E-state index contributed by atoms with van der Waals surface area (Å²) in [5.74, 6) is -0.778. The summed E-state index contributed by atoms with van der Waals surface area (Å²) >= 11 is 5.83. The predicted octanol–water partition coefficient (Wildman–Crippen LogP) is 3.10. The molecule has 108 valence electrons. The van der Waals surface area contributed by atoms with E-state index in [4.69, 9.17) is 11.6 Å². The van der Waals surface area contributed by atoms with E-state index in [0.29, 0.717) is 17.4 Å². The van der Waals surface area contributed by atoms with Gasteiger partial charge in [-0.25, -0.2) is 4.39 Å². The van der Waals surface area contributed by atoms with Crippen molar-refractivity contribution in [2.45, 2.75) is 18.9 Å². The van der Waals surface area contributed by atoms with Gasteiger partial charge in [0.05, 0.1) is 23.1 Å². The fourth-order valence-electron chi connectivity index (χ4n) is 1.87. The van der Waals surface area contributed by atoms with Gasteiger partial charge in [0, 0.05) is 6.04 Å². The van der Waals surface area contributed by atoms with Crippen molar-refractivity contribution in [3.63, 3.8) is 0 Å². The molecule has 2 aromatic rings. The number of carbonyl (C=O) groups excluding carboxylic acids is 1. The number of rotatable bonds is 4. The molecule has 1 aliphatic rings. The second kappa shape index (κ2) is 5.65. The van der Waals surface area contributed by atoms with Gasteiger partial charge in [-0.15, -0.1) is 5.10 Å². The van der Waals surface area contributed by atoms with Gasteiger partial charge < -0.3 is 10.6 Å². The van der Waals surface area contributed by atoms with Gasteiger partial charge in [0.25, 0.3) is 5.91 Å². The van der Waals surface area contributed by atoms with Gasteiger partial charge in [0.1, 0.15) is 5.82 Å². The Bertz CT molecular complexity index is 690. The number of nitrogens with one attached hydrogen (secondary N) is 2. The number of hydrogen-bond donors (Lipinski definition) is 2. The monoisotopic (exact) mass is 306 g/mol. The van der Waals surface area contributed by atoms with Crippen LogP contribution in [-0.4, -0.2) is 22.1 Å². The van der Waals surface area contributed by atoms with Crippen molar-refractivity contribution in [3.05, 3.63) is 47.0 Å². The van der Waals surface area contributed by atoms with Crippen LogP contribution in [0.4, 0.5) is 15.8 Å². The Labute approximate surface area is 125 Å². The van der Waals surface area contributed by atoms with Crippen LogP contribution in [0, 0.1) is 5.82 Å². The average Bonchev–Trinajstić information content (AvgIpc) is 3.26. The number of hydrogen-bond acceptors (Lipinski definition) is 4. The zero-order valence-corrected chi connectivity index (χ0v) is 11.7. The van der Waals surface area contributed by atoms with Crippen molar-refractivity contribution < 1.29 is 9.18 Å². The largest absolute Gasteiger partial charge is 0.381 e. The fourth-order valence-corrected chi connectivity index (χ4v) is 2.06. The third-order valence-corrected chi connectivity index (χ3v) is 3.37. The molecule has 2 N–H and O–H groups in total. The van der Waals surface area contributed by atoms with Gasteiger partial charge in [0.2, 0.25) is 0 Å². The summed E-state index contributed by atoms with van der Waals surface area (Å²) in [6.07, 6.45) is 3.48. The van der Waals surface area contributed by atoms with E-state index >= 15 is 0 Å². The lowest BCUT2D eigenvalue weighted by Crippen LogP contribution is -2.15. The minimum absolute atomic E-state index is 0.0220. The number of anilines is 2. The lowest BCUT2D eigenvalue weighted by Gasteiger charge is -2.13. The highest BCUT2D eigenvalue weighted by Crippen LogP contribution is 2.30. The van der Waals surface area contributed by atoms with E-state index < -0.39 is 5.91 Å². The van der Waals surface area contributed by atoms with E-state index in [1.54, 1.807) is 0 Å². The minimum Gasteiger partial charge on any atom is -0.381 e. The molecule has 7 heteroatoms. The molecule has 1 amide bonds. The first-order valence-electron chi connectivity index (χ1n) is 6.48. The van der Waals surface area contributed by atoms with Crippen LogP contribution in [0.25, 0.3) is 0 Å². The molecule has 0 saturated heterocycles. The SMILES string of the molecule is O=C(Nc1ccc(F)cc1NC1CC1)c1ccnnc1Cl. The van der Waals surface area contributed by atoms with E-state index in [9.17, 15) is 9.18 Å². The van der Waals surface area contributed by atoms with Crippen molar-refractivity contribution in [2.24, 2.45) is 0 Å². The van der Waals surface area contributed by atoms with Crippen molar-refractivity contribution in [1.82, 2.24) is 10.2 Å². The quantitative estimate of drug-likeness (QED) is 0.911. The second-order valence-corrected chi connectivity index (χ2v) is 5.16. The van der Waals surface area contributed by atoms with Gasteiger partial charge in [-0.2, -0.15) is 5.10 Å². The Morgan fingerprint density at radius 2 is 2.10 bits per heavy atom. The van der Waals surface area contributed by atoms with E-state index in [-0.39, 0.29) is 16.5 Å². The molecule has 5 nitrogen and oxygen atoms in total. The average molecular weight is 307 g/mol. The first kappa shape index (κ1) is 13.8. The molecular formula is C14H12ClFN4O. The summed E-state index contributed by atoms with van der Waals surface area (Å²) < 4.78 is 13.4. The van der Waals surface area contributed by atoms with E-state index in [1.165, 1.54) is 30.5 Å². The smallest absolute Gasteiger partial charge is 0.258 e. The molecule has 1 aromatic heterocycles. The normalized spacial score (nSPS) is 13.8. The molecule has 0 unspecified atom stereocenters. The maximum absolute atomic E-state index is 13.4. The molecule has 0 atom stereocenters. The fraction of sp³-hybridized carbons (Fsp3) is 0.214. The van der Waals surface area contributed by atoms with Crippen LogP contribution in [0.3, 0.4) is 0 Å². The second-order valence-electron chi connectivity index (χ2n) is 4.80. The molecule has 1 aliphatic carbocycles. The number of carbonyl (C=O) groups is 1. The Morgan fingerprint density at radius 1 is 1.29 bits per heavy atom. The zero-order valence-electron chi connectivity index (χ0n) is 10.9. The molecule has 0 aliphatic heterocycles. The molecule has 1 aromatic carbocycles. The lowest BCUT2D eigenvalue weighted by atomic mass is 10.2. The highest BCUT2D eigenvalue weighted by atomic mass is 35.5. The number of amides is 1. The molecule has 1 saturated carbocycles. The zero-order chi connectivity index (χ0) is 14.8. The van der Waals surface area contributed by atoms with Crippen molar-refractivity contribution in [2.75, 3.05) is 10.6 Å². The molecule has 21 heavy (non-hydrogen) atoms. The van der Waals surface area contributed by atoms with Gasteiger partial charge in [-0.05, 0) is 37.1 Å². The molecule has 0 radical (unpaired) electrons. The van der Waals surface area contributed by atoms with E-state index in [0.717, 1.165) is 12.8 Å². The number of nitrogens with zero attached hydrogens (tertiary/aromatic N) is 2. The summed E-state index contributed by atoms with van der Waals surface area (Å²) in [6.45, 7) is 0. The molecule has 1 heterocycles. The van der Waals surface area contributed by atoms with Crippen LogP contribution in [0.2, 0.25) is 5.15 Å². The Morgan fingerprint density at radius 3 is 2.81 bits per heavy atom. The molecule has 1 fully saturated rings. The summed E-state index contributed by atoms with van der Waals surface area (Å²) in [6, 6.07) is 5.98. The standard InChI is InChI=1S/C14H12ClFN4O/c15-13-10(5-6-17-20-13)14(21)19-11-4-1-8(16)7-12(11)18-9-2-3-9/h1,4-7,9,18H,2-3H2,(H,19,21). The Hall–Kier alpha value is -2.21. The molecule has 0 spiro atoms. The van der Waals surface area contributed by atoms with Crippen molar-refractivity contribution in [1.29, 1.82) is 0 Å². The Balaban J connectivity index is 1.83. The lowest BCUT2D eigenvalue weighted by molar-refractivity contribution is 0.102. The first-order valence-corrected chi connectivity index (χ1v) is 6.86. The maximum atomic E-state index is 13.4. The summed E-state index contributed by atoms with van der Waals surface area (Å²) in [4.78, 5) is 12.2. The van der Waals surface area contributed by atoms with Gasteiger partial charge in [-0.3, -0.25) is 4.79 Å². The van der Waals surface area contributed by atoms with Crippen LogP contribution < -0.4 is 10.6 Å². The van der Waals surface area contributed by atoms with Crippen LogP contribution in [0.5, 0.6) is 0 Å². The molecule has 3 rings (SSSR count). The summed E-state index contributed by atoms with van der Waals surface area (Å²) in [5.41, 5.74) is 1.28. The summed E-state index contributed by atoms with van der Waals surface area (Å²) in [7, 11) is 0. The van der Waals surface area contributed by atoms with Crippen molar-refractivity contribution in [3.8, 4) is 0 Å². The minimum atomic E-state index is -0.416. The highest BCUT2D eigenvalue weighted by Gasteiger charge is 2.23. The topological polar surface area (TPSA) is 66.9 Å². The van der Waals surface area contributed by atoms with Gasteiger partial charge >= 0.3 is 0 Å². The number of aromatic nitrogens is 2. The number of halogens is 2. The van der Waals surface area contributed by atoms with E-state index in [2.05, 4.69) is 20.8 Å². The van der Waals surface area contributed by atoms with Crippen LogP contribution >= 0.6 is 11.6 Å². The highest BCUT2D eigenvalue weighted by molar-refractivity contribution is 6.33. The Kier molecular flexibility index (Phi) is 3.70. The maximum Gasteiger partial charge on any atom is 0.258 e. The first-order chi connectivity index (χ1) is 10.1. The molecule has 0 bridgehead atoms. The predicted molar refractivity (Wildman–Crippen MR) is 78.0 cm³/mol. The van der Waals surface area contributed by atoms with Crippen LogP contribution in [0.15, 0.2) is 30.5 Å². The van der Waals surface area contributed by atoms with Gasteiger partial charge in [0.15, 0.2) is 5.15 Å². The van der Waals surface area contributed by atoms with Gasteiger partial charge in [-0.1, -0.05) is 11.6 Å².